The van der Waals surface area contributed by atoms with Gasteiger partial charge < -0.3 is 10.2 Å². The molecule has 156 valence electrons. The van der Waals surface area contributed by atoms with Crippen molar-refractivity contribution in [3.8, 4) is 0 Å². The fourth-order valence-corrected chi connectivity index (χ4v) is 3.85. The molecule has 2 amide bonds. The Morgan fingerprint density at radius 3 is 2.38 bits per heavy atom. The predicted molar refractivity (Wildman–Crippen MR) is 118 cm³/mol. The summed E-state index contributed by atoms with van der Waals surface area (Å²) in [5.74, 6) is 0.0923. The number of benzene rings is 2. The van der Waals surface area contributed by atoms with E-state index in [1.165, 1.54) is 28.8 Å². The molecule has 0 aromatic heterocycles. The Hall–Kier alpha value is -1.76. The van der Waals surface area contributed by atoms with E-state index in [9.17, 15) is 14.0 Å². The molecule has 0 unspecified atom stereocenters. The molecule has 0 heterocycles. The Kier molecular flexibility index (Phi) is 9.27. The van der Waals surface area contributed by atoms with Crippen molar-refractivity contribution in [2.75, 3.05) is 12.3 Å². The highest BCUT2D eigenvalue weighted by atomic mass is 35.5. The number of thioether (sulfide) groups is 1. The van der Waals surface area contributed by atoms with Crippen molar-refractivity contribution in [3.05, 3.63) is 69.5 Å². The van der Waals surface area contributed by atoms with Gasteiger partial charge in [-0.3, -0.25) is 9.59 Å². The first-order valence-electron chi connectivity index (χ1n) is 9.15. The van der Waals surface area contributed by atoms with Crippen LogP contribution in [0.25, 0.3) is 0 Å². The third-order valence-corrected chi connectivity index (χ3v) is 5.99. The van der Waals surface area contributed by atoms with Crippen LogP contribution < -0.4 is 5.32 Å². The number of rotatable bonds is 9. The highest BCUT2D eigenvalue weighted by Gasteiger charge is 2.25. The molecule has 1 atom stereocenters. The molecule has 0 aliphatic rings. The van der Waals surface area contributed by atoms with Crippen molar-refractivity contribution in [2.24, 2.45) is 0 Å². The molecule has 2 aromatic carbocycles. The number of nitrogens with one attached hydrogen (secondary N) is 1. The standard InChI is InChI=1S/C21H23Cl2FN2O2S/c1-3-25-21(28)14(2)26(11-16-6-9-18(22)19(23)10-16)20(27)13-29-12-15-4-7-17(24)8-5-15/h4-10,14H,3,11-13H2,1-2H3,(H,25,28)/t14-/m0/s1. The Balaban J connectivity index is 2.07. The third kappa shape index (κ3) is 7.21. The SMILES string of the molecule is CCNC(=O)[C@H](C)N(Cc1ccc(Cl)c(Cl)c1)C(=O)CSCc1ccc(F)cc1. The van der Waals surface area contributed by atoms with Gasteiger partial charge in [-0.1, -0.05) is 41.4 Å². The van der Waals surface area contributed by atoms with Crippen LogP contribution in [-0.2, 0) is 21.9 Å². The van der Waals surface area contributed by atoms with E-state index < -0.39 is 6.04 Å². The van der Waals surface area contributed by atoms with Gasteiger partial charge in [0.1, 0.15) is 11.9 Å². The van der Waals surface area contributed by atoms with Crippen molar-refractivity contribution in [1.29, 1.82) is 0 Å². The number of hydrogen-bond donors (Lipinski definition) is 1. The van der Waals surface area contributed by atoms with E-state index in [0.29, 0.717) is 22.3 Å². The first-order chi connectivity index (χ1) is 13.8. The van der Waals surface area contributed by atoms with Gasteiger partial charge in [0.15, 0.2) is 0 Å². The van der Waals surface area contributed by atoms with Crippen LogP contribution in [0.2, 0.25) is 10.0 Å². The predicted octanol–water partition coefficient (Wildman–Crippen LogP) is 4.92. The molecule has 8 heteroatoms. The normalized spacial score (nSPS) is 11.8. The summed E-state index contributed by atoms with van der Waals surface area (Å²) in [6.07, 6.45) is 0. The highest BCUT2D eigenvalue weighted by molar-refractivity contribution is 7.99. The summed E-state index contributed by atoms with van der Waals surface area (Å²) in [6.45, 7) is 4.25. The van der Waals surface area contributed by atoms with Gasteiger partial charge in [-0.05, 0) is 49.2 Å². The van der Waals surface area contributed by atoms with Gasteiger partial charge in [0, 0.05) is 18.8 Å². The molecule has 1 N–H and O–H groups in total. The number of likely N-dealkylation sites (N-methyl/N-ethyl adjacent to an activating group) is 1. The lowest BCUT2D eigenvalue weighted by Gasteiger charge is -2.28. The van der Waals surface area contributed by atoms with Crippen LogP contribution in [0.15, 0.2) is 42.5 Å². The van der Waals surface area contributed by atoms with Crippen LogP contribution in [0, 0.1) is 5.82 Å². The van der Waals surface area contributed by atoms with E-state index in [0.717, 1.165) is 11.1 Å². The maximum atomic E-state index is 13.0. The molecule has 2 aromatic rings. The minimum absolute atomic E-state index is 0.165. The summed E-state index contributed by atoms with van der Waals surface area (Å²) in [6, 6.07) is 10.7. The molecule has 0 fully saturated rings. The second kappa shape index (κ2) is 11.4. The lowest BCUT2D eigenvalue weighted by Crippen LogP contribution is -2.48. The number of carbonyl (C=O) groups is 2. The molecule has 0 bridgehead atoms. The number of amides is 2. The van der Waals surface area contributed by atoms with Gasteiger partial charge in [0.2, 0.25) is 11.8 Å². The lowest BCUT2D eigenvalue weighted by molar-refractivity contribution is -0.138. The second-order valence-corrected chi connectivity index (χ2v) is 8.26. The third-order valence-electron chi connectivity index (χ3n) is 4.26. The van der Waals surface area contributed by atoms with Gasteiger partial charge in [-0.15, -0.1) is 11.8 Å². The first kappa shape index (κ1) is 23.5. The van der Waals surface area contributed by atoms with Crippen molar-refractivity contribution < 1.29 is 14.0 Å². The number of hydrogen-bond acceptors (Lipinski definition) is 3. The van der Waals surface area contributed by atoms with Gasteiger partial charge in [0.05, 0.1) is 15.8 Å². The van der Waals surface area contributed by atoms with Crippen molar-refractivity contribution >= 4 is 46.8 Å². The largest absolute Gasteiger partial charge is 0.355 e. The van der Waals surface area contributed by atoms with E-state index in [2.05, 4.69) is 5.32 Å². The smallest absolute Gasteiger partial charge is 0.242 e. The molecule has 0 aliphatic heterocycles. The van der Waals surface area contributed by atoms with Gasteiger partial charge in [-0.2, -0.15) is 0 Å². The summed E-state index contributed by atoms with van der Waals surface area (Å²) < 4.78 is 13.0. The topological polar surface area (TPSA) is 49.4 Å². The van der Waals surface area contributed by atoms with E-state index >= 15 is 0 Å². The van der Waals surface area contributed by atoms with Crippen LogP contribution in [0.1, 0.15) is 25.0 Å². The van der Waals surface area contributed by atoms with Crippen molar-refractivity contribution in [1.82, 2.24) is 10.2 Å². The van der Waals surface area contributed by atoms with E-state index in [-0.39, 0.29) is 29.9 Å². The molecule has 0 spiro atoms. The molecule has 0 saturated heterocycles. The maximum Gasteiger partial charge on any atom is 0.242 e. The summed E-state index contributed by atoms with van der Waals surface area (Å²) in [5.41, 5.74) is 1.71. The van der Waals surface area contributed by atoms with Crippen LogP contribution in [0.3, 0.4) is 0 Å². The summed E-state index contributed by atoms with van der Waals surface area (Å²) >= 11 is 13.5. The minimum atomic E-state index is -0.636. The lowest BCUT2D eigenvalue weighted by atomic mass is 10.1. The Morgan fingerprint density at radius 1 is 1.10 bits per heavy atom. The Morgan fingerprint density at radius 2 is 1.76 bits per heavy atom. The van der Waals surface area contributed by atoms with E-state index in [1.54, 1.807) is 37.3 Å². The fraction of sp³-hybridized carbons (Fsp3) is 0.333. The average molecular weight is 457 g/mol. The van der Waals surface area contributed by atoms with E-state index in [4.69, 9.17) is 23.2 Å². The monoisotopic (exact) mass is 456 g/mol. The van der Waals surface area contributed by atoms with Gasteiger partial charge in [-0.25, -0.2) is 4.39 Å². The fourth-order valence-electron chi connectivity index (χ4n) is 2.66. The van der Waals surface area contributed by atoms with Gasteiger partial charge >= 0.3 is 0 Å². The maximum absolute atomic E-state index is 13.0. The average Bonchev–Trinajstić information content (AvgIpc) is 2.69. The molecular formula is C21H23Cl2FN2O2S. The zero-order chi connectivity index (χ0) is 21.4. The number of nitrogens with zero attached hydrogens (tertiary/aromatic N) is 1. The van der Waals surface area contributed by atoms with Crippen molar-refractivity contribution in [2.45, 2.75) is 32.2 Å². The first-order valence-corrected chi connectivity index (χ1v) is 11.1. The molecule has 29 heavy (non-hydrogen) atoms. The second-order valence-electron chi connectivity index (χ2n) is 6.46. The highest BCUT2D eigenvalue weighted by Crippen LogP contribution is 2.24. The Labute approximate surface area is 184 Å². The molecule has 0 aliphatic carbocycles. The molecule has 0 saturated carbocycles. The zero-order valence-electron chi connectivity index (χ0n) is 16.3. The van der Waals surface area contributed by atoms with Gasteiger partial charge in [0.25, 0.3) is 0 Å². The van der Waals surface area contributed by atoms with Crippen molar-refractivity contribution in [3.63, 3.8) is 0 Å². The molecule has 2 rings (SSSR count). The zero-order valence-corrected chi connectivity index (χ0v) is 18.6. The van der Waals surface area contributed by atoms with Crippen LogP contribution in [0.4, 0.5) is 4.39 Å². The molecule has 0 radical (unpaired) electrons. The summed E-state index contributed by atoms with van der Waals surface area (Å²) in [5, 5.41) is 3.58. The number of halogens is 3. The number of carbonyl (C=O) groups excluding carboxylic acids is 2. The molecular weight excluding hydrogens is 434 g/mol. The van der Waals surface area contributed by atoms with Crippen LogP contribution in [0.5, 0.6) is 0 Å². The molecule has 4 nitrogen and oxygen atoms in total. The minimum Gasteiger partial charge on any atom is -0.355 e. The summed E-state index contributed by atoms with van der Waals surface area (Å²) in [4.78, 5) is 26.8. The Bertz CT molecular complexity index is 849. The quantitative estimate of drug-likeness (QED) is 0.582. The summed E-state index contributed by atoms with van der Waals surface area (Å²) in [7, 11) is 0. The van der Waals surface area contributed by atoms with Crippen LogP contribution >= 0.6 is 35.0 Å². The van der Waals surface area contributed by atoms with Crippen LogP contribution in [-0.4, -0.2) is 35.1 Å². The van der Waals surface area contributed by atoms with E-state index in [1.807, 2.05) is 6.92 Å².